The van der Waals surface area contributed by atoms with Crippen LogP contribution < -0.4 is 0 Å². The van der Waals surface area contributed by atoms with Crippen LogP contribution in [0.25, 0.3) is 0 Å². The third-order valence-electron chi connectivity index (χ3n) is 5.33. The SMILES string of the molecule is c1ccc(CCc2noc(CN3CCCC[C@@H]3CCn3cccn3)n2)cc1. The van der Waals surface area contributed by atoms with Crippen LogP contribution in [0.4, 0.5) is 0 Å². The summed E-state index contributed by atoms with van der Waals surface area (Å²) >= 11 is 0. The first-order valence-corrected chi connectivity index (χ1v) is 9.94. The lowest BCUT2D eigenvalue weighted by molar-refractivity contribution is 0.113. The molecule has 1 atom stereocenters. The molecule has 0 radical (unpaired) electrons. The van der Waals surface area contributed by atoms with Crippen molar-refractivity contribution in [3.05, 3.63) is 66.1 Å². The van der Waals surface area contributed by atoms with E-state index < -0.39 is 0 Å². The molecular formula is C21H27N5O. The van der Waals surface area contributed by atoms with E-state index >= 15 is 0 Å². The van der Waals surface area contributed by atoms with Crippen LogP contribution in [0.5, 0.6) is 0 Å². The zero-order chi connectivity index (χ0) is 18.3. The van der Waals surface area contributed by atoms with Crippen molar-refractivity contribution >= 4 is 0 Å². The van der Waals surface area contributed by atoms with Gasteiger partial charge in [0.25, 0.3) is 0 Å². The van der Waals surface area contributed by atoms with E-state index in [4.69, 9.17) is 4.52 Å². The minimum absolute atomic E-state index is 0.558. The van der Waals surface area contributed by atoms with Crippen LogP contribution in [-0.4, -0.2) is 37.4 Å². The molecule has 0 amide bonds. The van der Waals surface area contributed by atoms with Crippen molar-refractivity contribution < 1.29 is 4.52 Å². The summed E-state index contributed by atoms with van der Waals surface area (Å²) < 4.78 is 7.55. The highest BCUT2D eigenvalue weighted by atomic mass is 16.5. The van der Waals surface area contributed by atoms with Crippen LogP contribution in [-0.2, 0) is 25.9 Å². The Morgan fingerprint density at radius 1 is 1.07 bits per heavy atom. The molecule has 6 nitrogen and oxygen atoms in total. The predicted molar refractivity (Wildman–Crippen MR) is 103 cm³/mol. The standard InChI is InChI=1S/C21H27N5O/c1-2-7-18(8-3-1)10-11-20-23-21(27-24-20)17-25-14-5-4-9-19(25)12-16-26-15-6-13-22-26/h1-3,6-8,13,15,19H,4-5,9-12,14,16-17H2/t19-/m1/s1. The highest BCUT2D eigenvalue weighted by Crippen LogP contribution is 2.22. The highest BCUT2D eigenvalue weighted by molar-refractivity contribution is 5.15. The quantitative estimate of drug-likeness (QED) is 0.611. The Hall–Kier alpha value is -2.47. The Labute approximate surface area is 160 Å². The summed E-state index contributed by atoms with van der Waals surface area (Å²) in [5, 5.41) is 8.50. The van der Waals surface area contributed by atoms with Crippen LogP contribution in [0.3, 0.4) is 0 Å². The monoisotopic (exact) mass is 365 g/mol. The van der Waals surface area contributed by atoms with Gasteiger partial charge < -0.3 is 4.52 Å². The van der Waals surface area contributed by atoms with Gasteiger partial charge in [-0.05, 0) is 43.9 Å². The fourth-order valence-corrected chi connectivity index (χ4v) is 3.84. The van der Waals surface area contributed by atoms with Crippen LogP contribution in [0, 0.1) is 0 Å². The summed E-state index contributed by atoms with van der Waals surface area (Å²) in [5.41, 5.74) is 1.30. The topological polar surface area (TPSA) is 60.0 Å². The first-order chi connectivity index (χ1) is 13.4. The van der Waals surface area contributed by atoms with Gasteiger partial charge in [-0.1, -0.05) is 41.9 Å². The molecule has 0 aliphatic carbocycles. The second-order valence-corrected chi connectivity index (χ2v) is 7.27. The van der Waals surface area contributed by atoms with E-state index in [1.807, 2.05) is 29.2 Å². The first kappa shape index (κ1) is 17.9. The second-order valence-electron chi connectivity index (χ2n) is 7.27. The molecule has 1 aliphatic rings. The summed E-state index contributed by atoms with van der Waals surface area (Å²) in [6, 6.07) is 13.0. The van der Waals surface area contributed by atoms with Gasteiger partial charge in [-0.2, -0.15) is 10.1 Å². The Morgan fingerprint density at radius 2 is 2.00 bits per heavy atom. The van der Waals surface area contributed by atoms with E-state index in [1.165, 1.54) is 24.8 Å². The van der Waals surface area contributed by atoms with Gasteiger partial charge in [0.15, 0.2) is 5.82 Å². The van der Waals surface area contributed by atoms with Crippen molar-refractivity contribution in [2.45, 2.75) is 57.7 Å². The molecule has 27 heavy (non-hydrogen) atoms. The molecule has 1 aromatic carbocycles. The highest BCUT2D eigenvalue weighted by Gasteiger charge is 2.24. The number of rotatable bonds is 8. The van der Waals surface area contributed by atoms with Gasteiger partial charge in [0.2, 0.25) is 5.89 Å². The van der Waals surface area contributed by atoms with E-state index in [1.54, 1.807) is 0 Å². The molecule has 142 valence electrons. The number of aromatic nitrogens is 4. The van der Waals surface area contributed by atoms with E-state index in [-0.39, 0.29) is 0 Å². The molecule has 0 saturated carbocycles. The zero-order valence-corrected chi connectivity index (χ0v) is 15.7. The fraction of sp³-hybridized carbons (Fsp3) is 0.476. The van der Waals surface area contributed by atoms with Gasteiger partial charge in [-0.15, -0.1) is 0 Å². The van der Waals surface area contributed by atoms with Crippen LogP contribution >= 0.6 is 0 Å². The maximum absolute atomic E-state index is 5.53. The molecule has 6 heteroatoms. The third kappa shape index (κ3) is 5.04. The maximum atomic E-state index is 5.53. The smallest absolute Gasteiger partial charge is 0.240 e. The Morgan fingerprint density at radius 3 is 2.85 bits per heavy atom. The fourth-order valence-electron chi connectivity index (χ4n) is 3.84. The van der Waals surface area contributed by atoms with E-state index in [2.05, 4.69) is 44.4 Å². The maximum Gasteiger partial charge on any atom is 0.240 e. The average molecular weight is 365 g/mol. The Bertz CT molecular complexity index is 799. The summed E-state index contributed by atoms with van der Waals surface area (Å²) in [5.74, 6) is 1.54. The number of piperidine rings is 1. The van der Waals surface area contributed by atoms with Crippen molar-refractivity contribution in [1.29, 1.82) is 0 Å². The number of nitrogens with zero attached hydrogens (tertiary/aromatic N) is 5. The summed E-state index contributed by atoms with van der Waals surface area (Å²) in [4.78, 5) is 7.13. The molecule has 3 aromatic rings. The average Bonchev–Trinajstić information content (AvgIpc) is 3.39. The molecular weight excluding hydrogens is 338 g/mol. The minimum Gasteiger partial charge on any atom is -0.338 e. The lowest BCUT2D eigenvalue weighted by Gasteiger charge is -2.34. The Balaban J connectivity index is 1.31. The second kappa shape index (κ2) is 8.95. The Kier molecular flexibility index (Phi) is 5.94. The number of hydrogen-bond acceptors (Lipinski definition) is 5. The number of benzene rings is 1. The lowest BCUT2D eigenvalue weighted by atomic mass is 9.99. The zero-order valence-electron chi connectivity index (χ0n) is 15.7. The van der Waals surface area contributed by atoms with Gasteiger partial charge >= 0.3 is 0 Å². The summed E-state index contributed by atoms with van der Waals surface area (Å²) in [6.45, 7) is 2.81. The molecule has 0 bridgehead atoms. The van der Waals surface area contributed by atoms with Gasteiger partial charge in [0.05, 0.1) is 6.54 Å². The van der Waals surface area contributed by atoms with Crippen molar-refractivity contribution in [2.24, 2.45) is 0 Å². The largest absolute Gasteiger partial charge is 0.338 e. The molecule has 0 N–H and O–H groups in total. The first-order valence-electron chi connectivity index (χ1n) is 9.94. The van der Waals surface area contributed by atoms with Gasteiger partial charge in [0, 0.05) is 31.4 Å². The summed E-state index contributed by atoms with van der Waals surface area (Å²) in [7, 11) is 0. The molecule has 1 fully saturated rings. The molecule has 4 rings (SSSR count). The minimum atomic E-state index is 0.558. The molecule has 3 heterocycles. The van der Waals surface area contributed by atoms with Gasteiger partial charge in [-0.25, -0.2) is 0 Å². The molecule has 1 aliphatic heterocycles. The van der Waals surface area contributed by atoms with Gasteiger partial charge in [-0.3, -0.25) is 9.58 Å². The van der Waals surface area contributed by atoms with Crippen LogP contribution in [0.15, 0.2) is 53.3 Å². The number of likely N-dealkylation sites (tertiary alicyclic amines) is 1. The van der Waals surface area contributed by atoms with Crippen LogP contribution in [0.1, 0.15) is 43.0 Å². The summed E-state index contributed by atoms with van der Waals surface area (Å²) in [6.07, 6.45) is 10.5. The van der Waals surface area contributed by atoms with E-state index in [0.717, 1.165) is 50.6 Å². The van der Waals surface area contributed by atoms with Crippen molar-refractivity contribution in [2.75, 3.05) is 6.54 Å². The van der Waals surface area contributed by atoms with Crippen LogP contribution in [0.2, 0.25) is 0 Å². The van der Waals surface area contributed by atoms with Gasteiger partial charge in [0.1, 0.15) is 0 Å². The number of aryl methyl sites for hydroxylation is 3. The van der Waals surface area contributed by atoms with E-state index in [9.17, 15) is 0 Å². The van der Waals surface area contributed by atoms with Crippen molar-refractivity contribution in [3.8, 4) is 0 Å². The third-order valence-corrected chi connectivity index (χ3v) is 5.33. The molecule has 0 spiro atoms. The molecule has 2 aromatic heterocycles. The normalized spacial score (nSPS) is 18.0. The number of hydrogen-bond donors (Lipinski definition) is 0. The van der Waals surface area contributed by atoms with E-state index in [0.29, 0.717) is 6.04 Å². The molecule has 0 unspecified atom stereocenters. The lowest BCUT2D eigenvalue weighted by Crippen LogP contribution is -2.39. The van der Waals surface area contributed by atoms with Crippen molar-refractivity contribution in [1.82, 2.24) is 24.8 Å². The molecule has 1 saturated heterocycles. The van der Waals surface area contributed by atoms with Crippen molar-refractivity contribution in [3.63, 3.8) is 0 Å². The predicted octanol–water partition coefficient (Wildman–Crippen LogP) is 3.50.